The number of aliphatic hydroxyl groups excluding tert-OH is 3. The van der Waals surface area contributed by atoms with E-state index >= 15 is 0 Å². The molecule has 1 aliphatic rings. The number of hydrogen-bond acceptors (Lipinski definition) is 6. The molecule has 4 rings (SSSR count). The first-order valence-corrected chi connectivity index (χ1v) is 9.57. The summed E-state index contributed by atoms with van der Waals surface area (Å²) in [6, 6.07) is 15.6. The average Bonchev–Trinajstić information content (AvgIpc) is 2.77. The quantitative estimate of drug-likeness (QED) is 0.467. The van der Waals surface area contributed by atoms with E-state index in [0.717, 1.165) is 5.56 Å². The van der Waals surface area contributed by atoms with Crippen LogP contribution in [-0.2, 0) is 0 Å². The van der Waals surface area contributed by atoms with E-state index in [9.17, 15) is 24.9 Å². The maximum Gasteiger partial charge on any atom is 0.265 e. The Balaban J connectivity index is 1.89. The van der Waals surface area contributed by atoms with Crippen molar-refractivity contribution in [3.63, 3.8) is 0 Å². The molecule has 0 radical (unpaired) electrons. The van der Waals surface area contributed by atoms with E-state index < -0.39 is 37.2 Å². The molecule has 0 bridgehead atoms. The molecule has 1 heterocycles. The van der Waals surface area contributed by atoms with Gasteiger partial charge in [-0.1, -0.05) is 30.3 Å². The number of para-hydroxylation sites is 1. The number of benzene rings is 3. The van der Waals surface area contributed by atoms with Crippen LogP contribution >= 0.6 is 0 Å². The molecule has 7 heteroatoms. The number of aryl methyl sites for hydroxylation is 1. The highest BCUT2D eigenvalue weighted by Gasteiger charge is 2.36. The molecule has 3 aromatic carbocycles. The fraction of sp³-hybridized carbons (Fsp3) is 0.217. The van der Waals surface area contributed by atoms with Gasteiger partial charge in [-0.3, -0.25) is 9.59 Å². The number of carbonyl (C=O) groups excluding carboxylic acids is 2. The van der Waals surface area contributed by atoms with Gasteiger partial charge in [0, 0.05) is 27.6 Å². The third kappa shape index (κ3) is 2.95. The Bertz CT molecular complexity index is 1120. The molecule has 0 unspecified atom stereocenters. The summed E-state index contributed by atoms with van der Waals surface area (Å²) in [5.74, 6) is -0.829. The molecule has 0 aliphatic carbocycles. The smallest absolute Gasteiger partial charge is 0.265 e. The monoisotopic (exact) mass is 406 g/mol. The Morgan fingerprint density at radius 2 is 1.47 bits per heavy atom. The number of nitrogens with zero attached hydrogens (tertiary/aromatic N) is 1. The molecular weight excluding hydrogens is 384 g/mol. The summed E-state index contributed by atoms with van der Waals surface area (Å²) in [7, 11) is 0. The largest absolute Gasteiger partial charge is 0.394 e. The van der Waals surface area contributed by atoms with Crippen LogP contribution < -0.4 is 10.2 Å². The first kappa shape index (κ1) is 20.0. The van der Waals surface area contributed by atoms with Gasteiger partial charge in [0.05, 0.1) is 25.5 Å². The van der Waals surface area contributed by atoms with Crippen molar-refractivity contribution in [2.45, 2.75) is 12.5 Å². The predicted molar refractivity (Wildman–Crippen MR) is 114 cm³/mol. The molecule has 3 aromatic rings. The van der Waals surface area contributed by atoms with E-state index in [1.54, 1.807) is 42.5 Å². The second kappa shape index (κ2) is 7.53. The molecule has 0 saturated heterocycles. The molecule has 154 valence electrons. The molecule has 0 spiro atoms. The van der Waals surface area contributed by atoms with E-state index in [1.165, 1.54) is 4.90 Å². The van der Waals surface area contributed by atoms with Crippen LogP contribution in [0.1, 0.15) is 26.3 Å². The third-order valence-electron chi connectivity index (χ3n) is 5.57. The van der Waals surface area contributed by atoms with E-state index in [1.807, 2.05) is 19.1 Å². The highest BCUT2D eigenvalue weighted by Crippen LogP contribution is 2.37. The zero-order valence-corrected chi connectivity index (χ0v) is 16.4. The summed E-state index contributed by atoms with van der Waals surface area (Å²) in [6.45, 7) is 0.350. The summed E-state index contributed by atoms with van der Waals surface area (Å²) < 4.78 is 0. The standard InChI is InChI=1S/C23H22N2O5/c1-14-5-2-3-8-19(14)25-21(29)16-7-4-6-15-18(24-23(11-26,12-27)13-28)10-9-17(20(15)16)22(25)30/h2-10,24,26-28H,11-13H2,1H3. The van der Waals surface area contributed by atoms with Crippen LogP contribution in [0.25, 0.3) is 10.8 Å². The summed E-state index contributed by atoms with van der Waals surface area (Å²) in [4.78, 5) is 27.8. The predicted octanol–water partition coefficient (Wildman–Crippen LogP) is 2.08. The number of rotatable bonds is 6. The van der Waals surface area contributed by atoms with Gasteiger partial charge in [0.1, 0.15) is 5.54 Å². The summed E-state index contributed by atoms with van der Waals surface area (Å²) in [5, 5.41) is 33.0. The topological polar surface area (TPSA) is 110 Å². The van der Waals surface area contributed by atoms with Crippen LogP contribution in [-0.4, -0.2) is 52.5 Å². The van der Waals surface area contributed by atoms with Gasteiger partial charge in [0.25, 0.3) is 11.8 Å². The number of hydrogen-bond donors (Lipinski definition) is 4. The van der Waals surface area contributed by atoms with Crippen molar-refractivity contribution in [3.8, 4) is 0 Å². The summed E-state index contributed by atoms with van der Waals surface area (Å²) in [6.07, 6.45) is 0. The van der Waals surface area contributed by atoms with Crippen LogP contribution in [0, 0.1) is 6.92 Å². The molecule has 4 N–H and O–H groups in total. The van der Waals surface area contributed by atoms with Crippen LogP contribution in [0.3, 0.4) is 0 Å². The highest BCUT2D eigenvalue weighted by atomic mass is 16.3. The van der Waals surface area contributed by atoms with Crippen molar-refractivity contribution in [3.05, 3.63) is 71.3 Å². The average molecular weight is 406 g/mol. The lowest BCUT2D eigenvalue weighted by molar-refractivity contribution is 0.0833. The normalized spacial score (nSPS) is 13.8. The molecule has 0 fully saturated rings. The van der Waals surface area contributed by atoms with Crippen LogP contribution in [0.5, 0.6) is 0 Å². The minimum atomic E-state index is -1.34. The fourth-order valence-electron chi connectivity index (χ4n) is 3.79. The van der Waals surface area contributed by atoms with Crippen molar-refractivity contribution in [2.75, 3.05) is 30.0 Å². The summed E-state index contributed by atoms with van der Waals surface area (Å²) in [5.41, 5.74) is 1.28. The zero-order valence-electron chi connectivity index (χ0n) is 16.4. The van der Waals surface area contributed by atoms with Crippen molar-refractivity contribution in [1.29, 1.82) is 0 Å². The number of anilines is 2. The van der Waals surface area contributed by atoms with E-state index in [0.29, 0.717) is 33.3 Å². The maximum atomic E-state index is 13.3. The number of nitrogens with one attached hydrogen (secondary N) is 1. The van der Waals surface area contributed by atoms with Gasteiger partial charge in [0.2, 0.25) is 0 Å². The number of amides is 2. The molecule has 0 atom stereocenters. The molecule has 1 aliphatic heterocycles. The first-order chi connectivity index (χ1) is 14.5. The van der Waals surface area contributed by atoms with Crippen LogP contribution in [0.4, 0.5) is 11.4 Å². The van der Waals surface area contributed by atoms with Crippen molar-refractivity contribution >= 4 is 34.0 Å². The van der Waals surface area contributed by atoms with Crippen LogP contribution in [0.15, 0.2) is 54.6 Å². The Morgan fingerprint density at radius 1 is 0.833 bits per heavy atom. The summed E-state index contributed by atoms with van der Waals surface area (Å²) >= 11 is 0. The molecular formula is C23H22N2O5. The van der Waals surface area contributed by atoms with Gasteiger partial charge in [0.15, 0.2) is 0 Å². The maximum absolute atomic E-state index is 13.3. The lowest BCUT2D eigenvalue weighted by atomic mass is 9.91. The Morgan fingerprint density at radius 3 is 2.10 bits per heavy atom. The molecule has 30 heavy (non-hydrogen) atoms. The Labute approximate surface area is 173 Å². The Hall–Kier alpha value is -3.26. The number of aliphatic hydroxyl groups is 3. The Kier molecular flexibility index (Phi) is 5.03. The van der Waals surface area contributed by atoms with Gasteiger partial charge in [-0.25, -0.2) is 4.90 Å². The third-order valence-corrected chi connectivity index (χ3v) is 5.57. The minimum Gasteiger partial charge on any atom is -0.394 e. The molecule has 2 amide bonds. The van der Waals surface area contributed by atoms with Crippen molar-refractivity contribution in [2.24, 2.45) is 0 Å². The fourth-order valence-corrected chi connectivity index (χ4v) is 3.79. The van der Waals surface area contributed by atoms with Gasteiger partial charge in [-0.15, -0.1) is 0 Å². The van der Waals surface area contributed by atoms with Gasteiger partial charge < -0.3 is 20.6 Å². The van der Waals surface area contributed by atoms with E-state index in [-0.39, 0.29) is 0 Å². The van der Waals surface area contributed by atoms with Crippen molar-refractivity contribution < 1.29 is 24.9 Å². The van der Waals surface area contributed by atoms with Crippen LogP contribution in [0.2, 0.25) is 0 Å². The van der Waals surface area contributed by atoms with Crippen molar-refractivity contribution in [1.82, 2.24) is 0 Å². The van der Waals surface area contributed by atoms with E-state index in [2.05, 4.69) is 5.32 Å². The van der Waals surface area contributed by atoms with Gasteiger partial charge in [-0.05, 0) is 36.8 Å². The second-order valence-electron chi connectivity index (χ2n) is 7.50. The van der Waals surface area contributed by atoms with E-state index in [4.69, 9.17) is 0 Å². The lowest BCUT2D eigenvalue weighted by Gasteiger charge is -2.32. The zero-order chi connectivity index (χ0) is 21.5. The second-order valence-corrected chi connectivity index (χ2v) is 7.50. The molecule has 0 saturated carbocycles. The SMILES string of the molecule is Cc1ccccc1N1C(=O)c2cccc3c(NC(CO)(CO)CO)ccc(c23)C1=O. The molecule has 7 nitrogen and oxygen atoms in total. The number of carbonyl (C=O) groups is 2. The van der Waals surface area contributed by atoms with Gasteiger partial charge >= 0.3 is 0 Å². The van der Waals surface area contributed by atoms with Gasteiger partial charge in [-0.2, -0.15) is 0 Å². The highest BCUT2D eigenvalue weighted by molar-refractivity contribution is 6.36. The lowest BCUT2D eigenvalue weighted by Crippen LogP contribution is -2.49. The molecule has 0 aromatic heterocycles. The minimum absolute atomic E-state index is 0.386. The number of imide groups is 1. The first-order valence-electron chi connectivity index (χ1n) is 9.57.